The van der Waals surface area contributed by atoms with Gasteiger partial charge >= 0.3 is 6.09 Å². The van der Waals surface area contributed by atoms with Crippen molar-refractivity contribution in [2.75, 3.05) is 20.2 Å². The summed E-state index contributed by atoms with van der Waals surface area (Å²) in [6.07, 6.45) is 2.43. The van der Waals surface area contributed by atoms with Crippen molar-refractivity contribution in [2.45, 2.75) is 58.7 Å². The fourth-order valence-corrected chi connectivity index (χ4v) is 5.30. The Balaban J connectivity index is 1.46. The lowest BCUT2D eigenvalue weighted by atomic mass is 10.1. The maximum atomic E-state index is 13.6. The van der Waals surface area contributed by atoms with Crippen molar-refractivity contribution in [3.63, 3.8) is 0 Å². The number of nitrogens with zero attached hydrogens (tertiary/aromatic N) is 5. The van der Waals surface area contributed by atoms with Crippen LogP contribution in [0.25, 0.3) is 33.6 Å². The van der Waals surface area contributed by atoms with Crippen molar-refractivity contribution < 1.29 is 19.1 Å². The van der Waals surface area contributed by atoms with Gasteiger partial charge in [-0.05, 0) is 70.9 Å². The van der Waals surface area contributed by atoms with Gasteiger partial charge in [-0.15, -0.1) is 0 Å². The zero-order valence-corrected chi connectivity index (χ0v) is 23.4. The summed E-state index contributed by atoms with van der Waals surface area (Å²) < 4.78 is 15.5. The van der Waals surface area contributed by atoms with E-state index in [4.69, 9.17) is 14.5 Å². The summed E-state index contributed by atoms with van der Waals surface area (Å²) in [4.78, 5) is 37.2. The van der Waals surface area contributed by atoms with Gasteiger partial charge in [0.1, 0.15) is 23.0 Å². The average molecular weight is 533 g/mol. The molecule has 5 rings (SSSR count). The fraction of sp³-hybridized carbons (Fsp3) is 0.448. The first-order valence-electron chi connectivity index (χ1n) is 13.4. The van der Waals surface area contributed by atoms with Gasteiger partial charge in [0.25, 0.3) is 5.91 Å². The number of pyridine rings is 1. The molecule has 4 aromatic rings. The largest absolute Gasteiger partial charge is 0.494 e. The molecule has 0 radical (unpaired) electrons. The number of amides is 2. The zero-order valence-electron chi connectivity index (χ0n) is 23.4. The molecule has 1 saturated heterocycles. The van der Waals surface area contributed by atoms with Crippen LogP contribution in [0.15, 0.2) is 36.5 Å². The molecule has 10 heteroatoms. The Bertz CT molecular complexity index is 1550. The van der Waals surface area contributed by atoms with Crippen molar-refractivity contribution in [3.05, 3.63) is 42.1 Å². The number of ether oxygens (including phenoxy) is 2. The third-order valence-corrected chi connectivity index (χ3v) is 7.02. The predicted molar refractivity (Wildman–Crippen MR) is 150 cm³/mol. The number of hydrogen-bond acceptors (Lipinski definition) is 6. The van der Waals surface area contributed by atoms with Crippen molar-refractivity contribution in [1.82, 2.24) is 29.3 Å². The molecule has 0 saturated carbocycles. The third kappa shape index (κ3) is 5.15. The van der Waals surface area contributed by atoms with Gasteiger partial charge in [0.15, 0.2) is 5.82 Å². The number of alkyl carbamates (subject to hydrolysis) is 1. The lowest BCUT2D eigenvalue weighted by Gasteiger charge is -2.33. The number of aromatic nitrogens is 4. The van der Waals surface area contributed by atoms with Gasteiger partial charge in [0.2, 0.25) is 0 Å². The maximum Gasteiger partial charge on any atom is 0.407 e. The zero-order chi connectivity index (χ0) is 27.9. The van der Waals surface area contributed by atoms with Crippen LogP contribution in [0.3, 0.4) is 0 Å². The molecule has 1 aliphatic heterocycles. The Hall–Kier alpha value is -4.08. The molecule has 39 heavy (non-hydrogen) atoms. The van der Waals surface area contributed by atoms with Gasteiger partial charge < -0.3 is 28.8 Å². The topological polar surface area (TPSA) is 104 Å². The summed E-state index contributed by atoms with van der Waals surface area (Å²) >= 11 is 0. The average Bonchev–Trinajstić information content (AvgIpc) is 3.43. The second-order valence-corrected chi connectivity index (χ2v) is 11.0. The van der Waals surface area contributed by atoms with E-state index in [-0.39, 0.29) is 12.0 Å². The molecule has 1 aliphatic rings. The van der Waals surface area contributed by atoms with Crippen LogP contribution >= 0.6 is 0 Å². The first-order valence-corrected chi connectivity index (χ1v) is 13.4. The number of likely N-dealkylation sites (tertiary alicyclic amines) is 1. The Morgan fingerprint density at radius 1 is 1.21 bits per heavy atom. The summed E-state index contributed by atoms with van der Waals surface area (Å²) in [5.74, 6) is 1.20. The molecule has 2 amide bonds. The predicted octanol–water partition coefficient (Wildman–Crippen LogP) is 4.75. The van der Waals surface area contributed by atoms with Gasteiger partial charge in [-0.1, -0.05) is 0 Å². The number of imidazole rings is 1. The van der Waals surface area contributed by atoms with Gasteiger partial charge in [0.05, 0.1) is 24.9 Å². The van der Waals surface area contributed by atoms with E-state index in [1.165, 1.54) is 0 Å². The standard InChI is InChI=1S/C29H36N6O4/c1-7-35-22(15-18-10-8-12-30-25(18)35)26-31-21-14-19(16-23(38-6)24(21)33(26)5)27(36)34-13-9-11-20(17-34)39-28(37)32-29(2,3)4/h8,10,12,14-16,20H,7,9,11,13,17H2,1-6H3,(H,32,37)/t20-/m1/s1. The van der Waals surface area contributed by atoms with Crippen LogP contribution in [0, 0.1) is 0 Å². The van der Waals surface area contributed by atoms with Crippen molar-refractivity contribution >= 4 is 34.1 Å². The molecule has 0 bridgehead atoms. The molecule has 0 spiro atoms. The minimum atomic E-state index is -0.467. The molecule has 0 unspecified atom stereocenters. The Morgan fingerprint density at radius 2 is 2.00 bits per heavy atom. The van der Waals surface area contributed by atoms with E-state index in [2.05, 4.69) is 27.9 Å². The number of piperidine rings is 1. The number of methoxy groups -OCH3 is 1. The molecular formula is C29H36N6O4. The minimum absolute atomic E-state index is 0.140. The van der Waals surface area contributed by atoms with Crippen LogP contribution in [0.1, 0.15) is 50.9 Å². The molecule has 1 atom stereocenters. The SMILES string of the molecule is CCn1c(-c2nc3cc(C(=O)N4CCC[C@@H](OC(=O)NC(C)(C)C)C4)cc(OC)c3n2C)cc2cccnc21. The highest BCUT2D eigenvalue weighted by molar-refractivity contribution is 6.00. The molecule has 1 fully saturated rings. The summed E-state index contributed by atoms with van der Waals surface area (Å²) in [6.45, 7) is 9.46. The number of carbonyl (C=O) groups excluding carboxylic acids is 2. The lowest BCUT2D eigenvalue weighted by Crippen LogP contribution is -2.47. The second-order valence-electron chi connectivity index (χ2n) is 11.0. The van der Waals surface area contributed by atoms with Gasteiger partial charge in [-0.2, -0.15) is 0 Å². The van der Waals surface area contributed by atoms with E-state index in [9.17, 15) is 9.59 Å². The number of benzene rings is 1. The Labute approximate surface area is 227 Å². The van der Waals surface area contributed by atoms with E-state index in [0.29, 0.717) is 36.3 Å². The minimum Gasteiger partial charge on any atom is -0.494 e. The van der Waals surface area contributed by atoms with E-state index in [1.54, 1.807) is 24.3 Å². The van der Waals surface area contributed by atoms with E-state index >= 15 is 0 Å². The van der Waals surface area contributed by atoms with E-state index in [0.717, 1.165) is 41.0 Å². The van der Waals surface area contributed by atoms with Gasteiger partial charge in [-0.3, -0.25) is 4.79 Å². The van der Waals surface area contributed by atoms with Crippen molar-refractivity contribution in [2.24, 2.45) is 7.05 Å². The first kappa shape index (κ1) is 26.5. The number of carbonyl (C=O) groups is 2. The summed E-state index contributed by atoms with van der Waals surface area (Å²) in [5, 5.41) is 3.86. The Morgan fingerprint density at radius 3 is 2.72 bits per heavy atom. The first-order chi connectivity index (χ1) is 18.6. The normalized spacial score (nSPS) is 16.1. The second kappa shape index (κ2) is 10.2. The van der Waals surface area contributed by atoms with Gasteiger partial charge in [0, 0.05) is 42.8 Å². The molecule has 4 heterocycles. The van der Waals surface area contributed by atoms with Crippen molar-refractivity contribution in [1.29, 1.82) is 0 Å². The highest BCUT2D eigenvalue weighted by atomic mass is 16.6. The monoisotopic (exact) mass is 532 g/mol. The van der Waals surface area contributed by atoms with E-state index in [1.807, 2.05) is 50.6 Å². The van der Waals surface area contributed by atoms with Crippen LogP contribution < -0.4 is 10.1 Å². The number of rotatable bonds is 5. The van der Waals surface area contributed by atoms with Crippen LogP contribution in [0.4, 0.5) is 4.79 Å². The third-order valence-electron chi connectivity index (χ3n) is 7.02. The molecule has 206 valence electrons. The maximum absolute atomic E-state index is 13.6. The van der Waals surface area contributed by atoms with Crippen LogP contribution in [-0.4, -0.2) is 67.8 Å². The molecule has 0 aliphatic carbocycles. The number of fused-ring (bicyclic) bond motifs is 2. The van der Waals surface area contributed by atoms with E-state index < -0.39 is 11.6 Å². The fourth-order valence-electron chi connectivity index (χ4n) is 5.30. The Kier molecular flexibility index (Phi) is 6.96. The number of hydrogen-bond donors (Lipinski definition) is 1. The molecule has 10 nitrogen and oxygen atoms in total. The molecule has 1 N–H and O–H groups in total. The lowest BCUT2D eigenvalue weighted by molar-refractivity contribution is 0.0322. The molecule has 1 aromatic carbocycles. The summed E-state index contributed by atoms with van der Waals surface area (Å²) in [6, 6.07) is 9.65. The number of aryl methyl sites for hydroxylation is 2. The quantitative estimate of drug-likeness (QED) is 0.398. The van der Waals surface area contributed by atoms with Crippen LogP contribution in [0.2, 0.25) is 0 Å². The highest BCUT2D eigenvalue weighted by Crippen LogP contribution is 2.34. The molecular weight excluding hydrogens is 496 g/mol. The smallest absolute Gasteiger partial charge is 0.407 e. The summed E-state index contributed by atoms with van der Waals surface area (Å²) in [7, 11) is 3.55. The van der Waals surface area contributed by atoms with Crippen LogP contribution in [-0.2, 0) is 18.3 Å². The molecule has 3 aromatic heterocycles. The number of nitrogens with one attached hydrogen (secondary N) is 1. The van der Waals surface area contributed by atoms with Gasteiger partial charge in [-0.25, -0.2) is 14.8 Å². The van der Waals surface area contributed by atoms with Crippen LogP contribution in [0.5, 0.6) is 5.75 Å². The summed E-state index contributed by atoms with van der Waals surface area (Å²) in [5.41, 5.74) is 3.43. The highest BCUT2D eigenvalue weighted by Gasteiger charge is 2.29. The van der Waals surface area contributed by atoms with Crippen molar-refractivity contribution in [3.8, 4) is 17.3 Å².